The van der Waals surface area contributed by atoms with Gasteiger partial charge in [-0.25, -0.2) is 4.79 Å². The van der Waals surface area contributed by atoms with Crippen molar-refractivity contribution in [3.8, 4) is 5.75 Å². The summed E-state index contributed by atoms with van der Waals surface area (Å²) >= 11 is 1.62. The van der Waals surface area contributed by atoms with E-state index in [0.29, 0.717) is 11.4 Å². The van der Waals surface area contributed by atoms with Gasteiger partial charge >= 0.3 is 6.03 Å². The van der Waals surface area contributed by atoms with Crippen molar-refractivity contribution in [2.24, 2.45) is 0 Å². The number of rotatable bonds is 6. The van der Waals surface area contributed by atoms with Gasteiger partial charge in [-0.3, -0.25) is 0 Å². The second kappa shape index (κ2) is 8.54. The average Bonchev–Trinajstić information content (AvgIpc) is 3.21. The fourth-order valence-electron chi connectivity index (χ4n) is 2.76. The van der Waals surface area contributed by atoms with Crippen LogP contribution in [0.2, 0.25) is 0 Å². The molecule has 0 spiro atoms. The number of carbonyl (C=O) groups is 1. The number of anilines is 1. The molecule has 26 heavy (non-hydrogen) atoms. The second-order valence-electron chi connectivity index (χ2n) is 5.84. The summed E-state index contributed by atoms with van der Waals surface area (Å²) in [4.78, 5) is 13.7. The van der Waals surface area contributed by atoms with Gasteiger partial charge in [0.1, 0.15) is 5.75 Å². The quantitative estimate of drug-likeness (QED) is 0.627. The van der Waals surface area contributed by atoms with Gasteiger partial charge in [0.2, 0.25) is 0 Å². The summed E-state index contributed by atoms with van der Waals surface area (Å²) in [5, 5.41) is 7.97. The molecule has 0 aliphatic rings. The first-order valence-electron chi connectivity index (χ1n) is 8.54. The van der Waals surface area contributed by atoms with E-state index in [1.807, 2.05) is 41.8 Å². The molecule has 1 aromatic heterocycles. The summed E-state index contributed by atoms with van der Waals surface area (Å²) in [7, 11) is 1.59. The standard InChI is InChI=1S/C21H22N2O2S/c1-3-15-10-12-16(13-11-15)20(19-9-6-14-26-19)23-21(24)22-17-7-4-5-8-18(17)25-2/h4-14,20H,3H2,1-2H3,(H2,22,23,24)/t20-/m1/s1. The molecule has 2 amide bonds. The molecule has 3 aromatic rings. The van der Waals surface area contributed by atoms with Gasteiger partial charge in [-0.15, -0.1) is 11.3 Å². The molecule has 0 radical (unpaired) electrons. The van der Waals surface area contributed by atoms with E-state index in [0.717, 1.165) is 16.9 Å². The Labute approximate surface area is 157 Å². The van der Waals surface area contributed by atoms with Crippen molar-refractivity contribution >= 4 is 23.1 Å². The molecule has 0 fully saturated rings. The van der Waals surface area contributed by atoms with Crippen LogP contribution in [0.3, 0.4) is 0 Å². The van der Waals surface area contributed by atoms with E-state index < -0.39 is 0 Å². The molecule has 0 aliphatic heterocycles. The van der Waals surface area contributed by atoms with E-state index in [2.05, 4.69) is 41.8 Å². The number of urea groups is 1. The van der Waals surface area contributed by atoms with Crippen molar-refractivity contribution in [2.75, 3.05) is 12.4 Å². The molecule has 0 aliphatic carbocycles. The van der Waals surface area contributed by atoms with E-state index in [1.165, 1.54) is 5.56 Å². The van der Waals surface area contributed by atoms with E-state index in [9.17, 15) is 4.79 Å². The van der Waals surface area contributed by atoms with Crippen molar-refractivity contribution in [3.63, 3.8) is 0 Å². The number of benzene rings is 2. The Balaban J connectivity index is 1.80. The normalized spacial score (nSPS) is 11.6. The minimum Gasteiger partial charge on any atom is -0.495 e. The maximum Gasteiger partial charge on any atom is 0.320 e. The van der Waals surface area contributed by atoms with Crippen LogP contribution in [0.5, 0.6) is 5.75 Å². The number of thiophene rings is 1. The zero-order valence-electron chi connectivity index (χ0n) is 14.9. The SMILES string of the molecule is CCc1ccc([C@@H](NC(=O)Nc2ccccc2OC)c2cccs2)cc1. The van der Waals surface area contributed by atoms with Gasteiger partial charge in [0, 0.05) is 4.88 Å². The first kappa shape index (κ1) is 18.0. The van der Waals surface area contributed by atoms with Crippen LogP contribution >= 0.6 is 11.3 Å². The molecule has 2 aromatic carbocycles. The smallest absolute Gasteiger partial charge is 0.320 e. The second-order valence-corrected chi connectivity index (χ2v) is 6.82. The fraction of sp³-hybridized carbons (Fsp3) is 0.190. The maximum atomic E-state index is 12.6. The van der Waals surface area contributed by atoms with Crippen LogP contribution in [0.15, 0.2) is 66.0 Å². The monoisotopic (exact) mass is 366 g/mol. The fourth-order valence-corrected chi connectivity index (χ4v) is 3.56. The number of carbonyl (C=O) groups excluding carboxylic acids is 1. The third kappa shape index (κ3) is 4.24. The number of nitrogens with one attached hydrogen (secondary N) is 2. The first-order valence-corrected chi connectivity index (χ1v) is 9.42. The number of hydrogen-bond acceptors (Lipinski definition) is 3. The Hall–Kier alpha value is -2.79. The molecule has 2 N–H and O–H groups in total. The predicted molar refractivity (Wildman–Crippen MR) is 107 cm³/mol. The number of para-hydroxylation sites is 2. The Kier molecular flexibility index (Phi) is 5.92. The van der Waals surface area contributed by atoms with E-state index >= 15 is 0 Å². The molecule has 1 atom stereocenters. The van der Waals surface area contributed by atoms with E-state index in [-0.39, 0.29) is 12.1 Å². The molecule has 0 saturated heterocycles. The Morgan fingerprint density at radius 2 is 1.85 bits per heavy atom. The van der Waals surface area contributed by atoms with Gasteiger partial charge < -0.3 is 15.4 Å². The van der Waals surface area contributed by atoms with Crippen molar-refractivity contribution in [1.82, 2.24) is 5.32 Å². The lowest BCUT2D eigenvalue weighted by Crippen LogP contribution is -2.33. The highest BCUT2D eigenvalue weighted by molar-refractivity contribution is 7.10. The highest BCUT2D eigenvalue weighted by Crippen LogP contribution is 2.27. The zero-order chi connectivity index (χ0) is 18.4. The van der Waals surface area contributed by atoms with Crippen LogP contribution in [-0.2, 0) is 6.42 Å². The van der Waals surface area contributed by atoms with Crippen molar-refractivity contribution in [1.29, 1.82) is 0 Å². The van der Waals surface area contributed by atoms with Crippen molar-refractivity contribution in [2.45, 2.75) is 19.4 Å². The molecular formula is C21H22N2O2S. The van der Waals surface area contributed by atoms with Crippen LogP contribution < -0.4 is 15.4 Å². The zero-order valence-corrected chi connectivity index (χ0v) is 15.7. The molecule has 134 valence electrons. The lowest BCUT2D eigenvalue weighted by molar-refractivity contribution is 0.250. The largest absolute Gasteiger partial charge is 0.495 e. The van der Waals surface area contributed by atoms with Gasteiger partial charge in [0.05, 0.1) is 18.8 Å². The topological polar surface area (TPSA) is 50.4 Å². The lowest BCUT2D eigenvalue weighted by Gasteiger charge is -2.19. The summed E-state index contributed by atoms with van der Waals surface area (Å²) in [6, 6.07) is 19.3. The molecule has 1 heterocycles. The van der Waals surface area contributed by atoms with Gasteiger partial charge in [0.25, 0.3) is 0 Å². The summed E-state index contributed by atoms with van der Waals surface area (Å²) in [6.45, 7) is 2.13. The summed E-state index contributed by atoms with van der Waals surface area (Å²) in [5.41, 5.74) is 2.97. The van der Waals surface area contributed by atoms with Crippen LogP contribution in [0.25, 0.3) is 0 Å². The summed E-state index contributed by atoms with van der Waals surface area (Å²) < 4.78 is 5.29. The Bertz CT molecular complexity index is 845. The van der Waals surface area contributed by atoms with Crippen LogP contribution in [0.1, 0.15) is 29.0 Å². The minimum atomic E-state index is -0.271. The van der Waals surface area contributed by atoms with Crippen molar-refractivity contribution in [3.05, 3.63) is 82.0 Å². The Morgan fingerprint density at radius 3 is 2.50 bits per heavy atom. The number of hydrogen-bond donors (Lipinski definition) is 2. The maximum absolute atomic E-state index is 12.6. The molecule has 0 unspecified atom stereocenters. The lowest BCUT2D eigenvalue weighted by atomic mass is 10.0. The Morgan fingerprint density at radius 1 is 1.08 bits per heavy atom. The molecule has 3 rings (SSSR count). The molecule has 4 nitrogen and oxygen atoms in total. The predicted octanol–water partition coefficient (Wildman–Crippen LogP) is 5.23. The van der Waals surface area contributed by atoms with Gasteiger partial charge in [0.15, 0.2) is 0 Å². The van der Waals surface area contributed by atoms with E-state index in [4.69, 9.17) is 4.74 Å². The van der Waals surface area contributed by atoms with Crippen LogP contribution in [0, 0.1) is 0 Å². The number of aryl methyl sites for hydroxylation is 1. The third-order valence-corrected chi connectivity index (χ3v) is 5.12. The molecular weight excluding hydrogens is 344 g/mol. The number of ether oxygens (including phenoxy) is 1. The van der Waals surface area contributed by atoms with Gasteiger partial charge in [-0.1, -0.05) is 49.4 Å². The molecule has 0 saturated carbocycles. The minimum absolute atomic E-state index is 0.199. The third-order valence-electron chi connectivity index (χ3n) is 4.18. The van der Waals surface area contributed by atoms with Gasteiger partial charge in [-0.2, -0.15) is 0 Å². The molecule has 5 heteroatoms. The molecule has 0 bridgehead atoms. The highest BCUT2D eigenvalue weighted by atomic mass is 32.1. The van der Waals surface area contributed by atoms with E-state index in [1.54, 1.807) is 18.4 Å². The van der Waals surface area contributed by atoms with Crippen LogP contribution in [0.4, 0.5) is 10.5 Å². The first-order chi connectivity index (χ1) is 12.7. The number of methoxy groups -OCH3 is 1. The highest BCUT2D eigenvalue weighted by Gasteiger charge is 2.18. The van der Waals surface area contributed by atoms with Crippen LogP contribution in [-0.4, -0.2) is 13.1 Å². The summed E-state index contributed by atoms with van der Waals surface area (Å²) in [5.74, 6) is 0.627. The van der Waals surface area contributed by atoms with Gasteiger partial charge in [-0.05, 0) is 41.1 Å². The summed E-state index contributed by atoms with van der Waals surface area (Å²) in [6.07, 6.45) is 0.992. The van der Waals surface area contributed by atoms with Crippen molar-refractivity contribution < 1.29 is 9.53 Å². The number of amides is 2. The average molecular weight is 366 g/mol.